The van der Waals surface area contributed by atoms with Gasteiger partial charge in [0.15, 0.2) is 17.5 Å². The van der Waals surface area contributed by atoms with E-state index in [0.717, 1.165) is 12.5 Å². The van der Waals surface area contributed by atoms with Crippen LogP contribution < -0.4 is 5.32 Å². The summed E-state index contributed by atoms with van der Waals surface area (Å²) in [6.45, 7) is 5.53. The first kappa shape index (κ1) is 16.0. The largest absolute Gasteiger partial charge is 0.382 e. The first-order chi connectivity index (χ1) is 9.11. The van der Waals surface area contributed by atoms with Gasteiger partial charge >= 0.3 is 0 Å². The molecule has 0 saturated heterocycles. The van der Waals surface area contributed by atoms with E-state index in [0.29, 0.717) is 26.2 Å². The van der Waals surface area contributed by atoms with Crippen molar-refractivity contribution >= 4 is 0 Å². The van der Waals surface area contributed by atoms with Gasteiger partial charge in [-0.25, -0.2) is 13.2 Å². The lowest BCUT2D eigenvalue weighted by atomic mass is 10.0. The SMILES string of the molecule is CCCNC(CCOCC)c1ccc(F)c(F)c1F. The van der Waals surface area contributed by atoms with E-state index in [4.69, 9.17) is 4.74 Å². The van der Waals surface area contributed by atoms with Crippen molar-refractivity contribution < 1.29 is 17.9 Å². The number of benzene rings is 1. The van der Waals surface area contributed by atoms with Gasteiger partial charge < -0.3 is 10.1 Å². The molecule has 1 unspecified atom stereocenters. The number of nitrogens with one attached hydrogen (secondary N) is 1. The zero-order chi connectivity index (χ0) is 14.3. The summed E-state index contributed by atoms with van der Waals surface area (Å²) < 4.78 is 45.2. The maximum absolute atomic E-state index is 13.8. The highest BCUT2D eigenvalue weighted by molar-refractivity contribution is 5.23. The molecule has 1 aromatic rings. The minimum Gasteiger partial charge on any atom is -0.382 e. The van der Waals surface area contributed by atoms with Crippen LogP contribution in [0.2, 0.25) is 0 Å². The average Bonchev–Trinajstić information content (AvgIpc) is 2.41. The summed E-state index contributed by atoms with van der Waals surface area (Å²) >= 11 is 0. The lowest BCUT2D eigenvalue weighted by Gasteiger charge is -2.19. The second-order valence-corrected chi connectivity index (χ2v) is 4.26. The van der Waals surface area contributed by atoms with Crippen LogP contribution in [0.3, 0.4) is 0 Å². The zero-order valence-corrected chi connectivity index (χ0v) is 11.3. The van der Waals surface area contributed by atoms with Crippen LogP contribution in [-0.2, 0) is 4.74 Å². The van der Waals surface area contributed by atoms with Crippen molar-refractivity contribution in [3.05, 3.63) is 35.1 Å². The topological polar surface area (TPSA) is 21.3 Å². The van der Waals surface area contributed by atoms with E-state index in [9.17, 15) is 13.2 Å². The van der Waals surface area contributed by atoms with Gasteiger partial charge in [-0.1, -0.05) is 13.0 Å². The summed E-state index contributed by atoms with van der Waals surface area (Å²) in [6, 6.07) is 1.86. The minimum absolute atomic E-state index is 0.145. The van der Waals surface area contributed by atoms with Crippen LogP contribution in [-0.4, -0.2) is 19.8 Å². The molecule has 1 rings (SSSR count). The summed E-state index contributed by atoms with van der Waals surface area (Å²) in [6.07, 6.45) is 1.38. The monoisotopic (exact) mass is 275 g/mol. The van der Waals surface area contributed by atoms with Gasteiger partial charge in [0.25, 0.3) is 0 Å². The molecule has 0 radical (unpaired) electrons. The molecule has 0 heterocycles. The summed E-state index contributed by atoms with van der Waals surface area (Å²) in [5, 5.41) is 3.12. The number of rotatable bonds is 8. The van der Waals surface area contributed by atoms with Gasteiger partial charge in [-0.3, -0.25) is 0 Å². The Balaban J connectivity index is 2.86. The quantitative estimate of drug-likeness (QED) is 0.578. The van der Waals surface area contributed by atoms with Crippen molar-refractivity contribution in [2.75, 3.05) is 19.8 Å². The Kier molecular flexibility index (Phi) is 6.87. The van der Waals surface area contributed by atoms with Crippen LogP contribution in [0.5, 0.6) is 0 Å². The summed E-state index contributed by atoms with van der Waals surface area (Å²) in [7, 11) is 0. The van der Waals surface area contributed by atoms with E-state index in [-0.39, 0.29) is 11.6 Å². The Morgan fingerprint density at radius 2 is 1.89 bits per heavy atom. The van der Waals surface area contributed by atoms with Crippen molar-refractivity contribution in [3.63, 3.8) is 0 Å². The molecule has 0 bridgehead atoms. The standard InChI is InChI=1S/C14H20F3NO/c1-3-8-18-12(7-9-19-4-2)10-5-6-11(15)14(17)13(10)16/h5-6,12,18H,3-4,7-9H2,1-2H3. The second-order valence-electron chi connectivity index (χ2n) is 4.26. The zero-order valence-electron chi connectivity index (χ0n) is 11.3. The lowest BCUT2D eigenvalue weighted by Crippen LogP contribution is -2.25. The molecule has 5 heteroatoms. The molecule has 0 saturated carbocycles. The number of hydrogen-bond donors (Lipinski definition) is 1. The van der Waals surface area contributed by atoms with E-state index in [2.05, 4.69) is 5.32 Å². The van der Waals surface area contributed by atoms with Crippen molar-refractivity contribution in [1.29, 1.82) is 0 Å². The molecular weight excluding hydrogens is 255 g/mol. The van der Waals surface area contributed by atoms with Crippen molar-refractivity contribution in [2.24, 2.45) is 0 Å². The normalized spacial score (nSPS) is 12.7. The Bertz CT molecular complexity index is 399. The third-order valence-corrected chi connectivity index (χ3v) is 2.84. The Labute approximate surface area is 112 Å². The highest BCUT2D eigenvalue weighted by Crippen LogP contribution is 2.23. The molecule has 0 amide bonds. The first-order valence-electron chi connectivity index (χ1n) is 6.56. The van der Waals surface area contributed by atoms with Gasteiger partial charge in [-0.2, -0.15) is 0 Å². The fourth-order valence-corrected chi connectivity index (χ4v) is 1.84. The van der Waals surface area contributed by atoms with E-state index in [1.165, 1.54) is 6.07 Å². The third-order valence-electron chi connectivity index (χ3n) is 2.84. The van der Waals surface area contributed by atoms with Crippen LogP contribution >= 0.6 is 0 Å². The maximum atomic E-state index is 13.8. The molecule has 1 atom stereocenters. The van der Waals surface area contributed by atoms with Crippen LogP contribution in [0.15, 0.2) is 12.1 Å². The lowest BCUT2D eigenvalue weighted by molar-refractivity contribution is 0.136. The Morgan fingerprint density at radius 3 is 2.53 bits per heavy atom. The van der Waals surface area contributed by atoms with E-state index in [1.54, 1.807) is 0 Å². The maximum Gasteiger partial charge on any atom is 0.194 e. The molecule has 0 aromatic heterocycles. The third kappa shape index (κ3) is 4.51. The smallest absolute Gasteiger partial charge is 0.194 e. The second kappa shape index (κ2) is 8.17. The average molecular weight is 275 g/mol. The van der Waals surface area contributed by atoms with Gasteiger partial charge in [0, 0.05) is 24.8 Å². The van der Waals surface area contributed by atoms with Gasteiger partial charge in [-0.15, -0.1) is 0 Å². The van der Waals surface area contributed by atoms with E-state index in [1.807, 2.05) is 13.8 Å². The van der Waals surface area contributed by atoms with Crippen LogP contribution in [0.25, 0.3) is 0 Å². The van der Waals surface area contributed by atoms with Crippen molar-refractivity contribution in [1.82, 2.24) is 5.32 Å². The van der Waals surface area contributed by atoms with Gasteiger partial charge in [0.2, 0.25) is 0 Å². The molecule has 0 aliphatic carbocycles. The van der Waals surface area contributed by atoms with Crippen LogP contribution in [0, 0.1) is 17.5 Å². The van der Waals surface area contributed by atoms with Gasteiger partial charge in [-0.05, 0) is 32.4 Å². The van der Waals surface area contributed by atoms with Gasteiger partial charge in [0.1, 0.15) is 0 Å². The molecular formula is C14H20F3NO. The van der Waals surface area contributed by atoms with Crippen molar-refractivity contribution in [3.8, 4) is 0 Å². The van der Waals surface area contributed by atoms with Crippen LogP contribution in [0.1, 0.15) is 38.3 Å². The molecule has 2 nitrogen and oxygen atoms in total. The highest BCUT2D eigenvalue weighted by Gasteiger charge is 2.20. The van der Waals surface area contributed by atoms with Crippen molar-refractivity contribution in [2.45, 2.75) is 32.7 Å². The van der Waals surface area contributed by atoms with Gasteiger partial charge in [0.05, 0.1) is 0 Å². The molecule has 1 aromatic carbocycles. The molecule has 0 aliphatic heterocycles. The summed E-state index contributed by atoms with van der Waals surface area (Å²) in [5.74, 6) is -3.71. The Morgan fingerprint density at radius 1 is 1.16 bits per heavy atom. The summed E-state index contributed by atoms with van der Waals surface area (Å²) in [4.78, 5) is 0. The number of ether oxygens (including phenoxy) is 1. The predicted octanol–water partition coefficient (Wildman–Crippen LogP) is 3.57. The molecule has 19 heavy (non-hydrogen) atoms. The number of hydrogen-bond acceptors (Lipinski definition) is 2. The summed E-state index contributed by atoms with van der Waals surface area (Å²) in [5.41, 5.74) is 0.145. The van der Waals surface area contributed by atoms with E-state index < -0.39 is 17.5 Å². The molecule has 0 fully saturated rings. The number of halogens is 3. The Hall–Kier alpha value is -1.07. The minimum atomic E-state index is -1.42. The molecule has 1 N–H and O–H groups in total. The fourth-order valence-electron chi connectivity index (χ4n) is 1.84. The van der Waals surface area contributed by atoms with E-state index >= 15 is 0 Å². The first-order valence-corrected chi connectivity index (χ1v) is 6.56. The highest BCUT2D eigenvalue weighted by atomic mass is 19.2. The molecule has 0 aliphatic rings. The molecule has 108 valence electrons. The predicted molar refractivity (Wildman–Crippen MR) is 68.5 cm³/mol. The molecule has 0 spiro atoms. The van der Waals surface area contributed by atoms with Crippen LogP contribution in [0.4, 0.5) is 13.2 Å². The fraction of sp³-hybridized carbons (Fsp3) is 0.571.